The van der Waals surface area contributed by atoms with Crippen molar-refractivity contribution >= 4 is 17.0 Å². The van der Waals surface area contributed by atoms with Gasteiger partial charge in [0.05, 0.1) is 6.33 Å². The number of hydrogen-bond acceptors (Lipinski definition) is 5. The molecule has 0 radical (unpaired) electrons. The number of ether oxygens (including phenoxy) is 1. The third-order valence-electron chi connectivity index (χ3n) is 2.36. The zero-order valence-electron chi connectivity index (χ0n) is 9.40. The highest BCUT2D eigenvalue weighted by Gasteiger charge is 2.15. The summed E-state index contributed by atoms with van der Waals surface area (Å²) < 4.78 is 5.54. The number of H-pyrrole nitrogens is 1. The van der Waals surface area contributed by atoms with Crippen LogP contribution in [-0.2, 0) is 4.74 Å². The van der Waals surface area contributed by atoms with Crippen LogP contribution in [0.25, 0.3) is 11.2 Å². The minimum atomic E-state index is -0.117. The lowest BCUT2D eigenvalue weighted by molar-refractivity contribution is 0.0538. The Morgan fingerprint density at radius 3 is 2.94 bits per heavy atom. The van der Waals surface area contributed by atoms with Gasteiger partial charge in [0.15, 0.2) is 17.3 Å². The maximum Gasteiger partial charge on any atom is 0.183 e. The summed E-state index contributed by atoms with van der Waals surface area (Å²) in [5.41, 5.74) is 7.07. The first kappa shape index (κ1) is 10.8. The number of aromatic amines is 1. The minimum absolute atomic E-state index is 0.117. The molecule has 3 N–H and O–H groups in total. The van der Waals surface area contributed by atoms with Gasteiger partial charge in [-0.2, -0.15) is 0 Å². The number of imidazole rings is 1. The molecular formula is C10H15N5O. The summed E-state index contributed by atoms with van der Waals surface area (Å²) in [7, 11) is 0. The quantitative estimate of drug-likeness (QED) is 0.815. The molecule has 1 unspecified atom stereocenters. The topological polar surface area (TPSA) is 89.7 Å². The molecule has 0 aliphatic carbocycles. The molecule has 86 valence electrons. The van der Waals surface area contributed by atoms with Gasteiger partial charge in [-0.1, -0.05) is 6.92 Å². The Kier molecular flexibility index (Phi) is 3.00. The van der Waals surface area contributed by atoms with Crippen LogP contribution in [0.3, 0.4) is 0 Å². The third kappa shape index (κ3) is 1.83. The first-order chi connectivity index (χ1) is 7.76. The Morgan fingerprint density at radius 1 is 1.44 bits per heavy atom. The third-order valence-corrected chi connectivity index (χ3v) is 2.36. The highest BCUT2D eigenvalue weighted by molar-refractivity contribution is 5.80. The van der Waals surface area contributed by atoms with Crippen molar-refractivity contribution in [3.8, 4) is 0 Å². The molecule has 0 amide bonds. The molecule has 0 aliphatic heterocycles. The van der Waals surface area contributed by atoms with Crippen LogP contribution in [-0.4, -0.2) is 26.5 Å². The largest absolute Gasteiger partial charge is 0.382 e. The van der Waals surface area contributed by atoms with Crippen LogP contribution in [0, 0.1) is 0 Å². The average Bonchev–Trinajstić information content (AvgIpc) is 2.74. The molecule has 0 aromatic carbocycles. The summed E-state index contributed by atoms with van der Waals surface area (Å²) in [4.78, 5) is 15.5. The van der Waals surface area contributed by atoms with Crippen LogP contribution >= 0.6 is 0 Å². The van der Waals surface area contributed by atoms with E-state index in [1.165, 1.54) is 0 Å². The molecule has 6 heteroatoms. The molecule has 2 rings (SSSR count). The smallest absolute Gasteiger partial charge is 0.183 e. The highest BCUT2D eigenvalue weighted by atomic mass is 16.5. The predicted molar refractivity (Wildman–Crippen MR) is 60.8 cm³/mol. The van der Waals surface area contributed by atoms with E-state index in [1.807, 2.05) is 13.8 Å². The maximum atomic E-state index is 5.81. The molecule has 0 fully saturated rings. The van der Waals surface area contributed by atoms with Crippen molar-refractivity contribution in [2.24, 2.45) is 0 Å². The van der Waals surface area contributed by atoms with E-state index in [0.717, 1.165) is 6.42 Å². The lowest BCUT2D eigenvalue weighted by Crippen LogP contribution is -2.09. The standard InChI is InChI=1S/C10H15N5O/c1-3-6(16-4-2)9-14-8(11)7-10(15-9)13-5-12-7/h5-6H,3-4H2,1-2H3,(H3,11,12,13,14,15). The van der Waals surface area contributed by atoms with E-state index < -0.39 is 0 Å². The number of hydrogen-bond donors (Lipinski definition) is 2. The van der Waals surface area contributed by atoms with Crippen molar-refractivity contribution in [3.05, 3.63) is 12.2 Å². The highest BCUT2D eigenvalue weighted by Crippen LogP contribution is 2.21. The lowest BCUT2D eigenvalue weighted by Gasteiger charge is -2.13. The molecule has 2 heterocycles. The van der Waals surface area contributed by atoms with Crippen molar-refractivity contribution in [1.29, 1.82) is 0 Å². The summed E-state index contributed by atoms with van der Waals surface area (Å²) in [5.74, 6) is 1.01. The van der Waals surface area contributed by atoms with Gasteiger partial charge in [-0.05, 0) is 13.3 Å². The van der Waals surface area contributed by atoms with Crippen LogP contribution in [0.4, 0.5) is 5.82 Å². The fourth-order valence-electron chi connectivity index (χ4n) is 1.59. The van der Waals surface area contributed by atoms with E-state index in [4.69, 9.17) is 10.5 Å². The van der Waals surface area contributed by atoms with Crippen LogP contribution in [0.2, 0.25) is 0 Å². The van der Waals surface area contributed by atoms with Gasteiger partial charge < -0.3 is 15.5 Å². The molecule has 2 aromatic rings. The number of nitrogens with two attached hydrogens (primary N) is 1. The van der Waals surface area contributed by atoms with Gasteiger partial charge in [0, 0.05) is 6.61 Å². The van der Waals surface area contributed by atoms with E-state index in [0.29, 0.717) is 29.4 Å². The van der Waals surface area contributed by atoms with Crippen molar-refractivity contribution in [2.75, 3.05) is 12.3 Å². The van der Waals surface area contributed by atoms with Gasteiger partial charge in [-0.3, -0.25) is 0 Å². The SMILES string of the molecule is CCOC(CC)c1nc(N)c2[nH]cnc2n1. The zero-order valence-corrected chi connectivity index (χ0v) is 9.40. The van der Waals surface area contributed by atoms with E-state index in [-0.39, 0.29) is 6.10 Å². The molecular weight excluding hydrogens is 206 g/mol. The Balaban J connectivity index is 2.43. The molecule has 0 aliphatic rings. The van der Waals surface area contributed by atoms with Crippen molar-refractivity contribution in [1.82, 2.24) is 19.9 Å². The molecule has 2 aromatic heterocycles. The van der Waals surface area contributed by atoms with Crippen LogP contribution < -0.4 is 5.73 Å². The number of aromatic nitrogens is 4. The van der Waals surface area contributed by atoms with Crippen molar-refractivity contribution in [3.63, 3.8) is 0 Å². The molecule has 1 atom stereocenters. The Labute approximate surface area is 93.3 Å². The van der Waals surface area contributed by atoms with E-state index >= 15 is 0 Å². The second-order valence-corrected chi connectivity index (χ2v) is 3.42. The monoisotopic (exact) mass is 221 g/mol. The minimum Gasteiger partial charge on any atom is -0.382 e. The molecule has 0 spiro atoms. The van der Waals surface area contributed by atoms with Gasteiger partial charge in [-0.15, -0.1) is 0 Å². The summed E-state index contributed by atoms with van der Waals surface area (Å²) in [6, 6.07) is 0. The Bertz CT molecular complexity index is 481. The second-order valence-electron chi connectivity index (χ2n) is 3.42. The normalized spacial score (nSPS) is 13.1. The summed E-state index contributed by atoms with van der Waals surface area (Å²) in [5, 5.41) is 0. The Morgan fingerprint density at radius 2 is 2.25 bits per heavy atom. The summed E-state index contributed by atoms with van der Waals surface area (Å²) in [6.45, 7) is 4.59. The maximum absolute atomic E-state index is 5.81. The zero-order chi connectivity index (χ0) is 11.5. The van der Waals surface area contributed by atoms with E-state index in [2.05, 4.69) is 19.9 Å². The molecule has 0 bridgehead atoms. The molecule has 16 heavy (non-hydrogen) atoms. The van der Waals surface area contributed by atoms with Gasteiger partial charge in [0.2, 0.25) is 0 Å². The van der Waals surface area contributed by atoms with Crippen molar-refractivity contribution < 1.29 is 4.74 Å². The van der Waals surface area contributed by atoms with Gasteiger partial charge in [0.25, 0.3) is 0 Å². The first-order valence-electron chi connectivity index (χ1n) is 5.34. The first-order valence-corrected chi connectivity index (χ1v) is 5.34. The number of rotatable bonds is 4. The van der Waals surface area contributed by atoms with Gasteiger partial charge >= 0.3 is 0 Å². The number of nitrogen functional groups attached to an aromatic ring is 1. The summed E-state index contributed by atoms with van der Waals surface area (Å²) in [6.07, 6.45) is 2.25. The number of nitrogens with one attached hydrogen (secondary N) is 1. The van der Waals surface area contributed by atoms with Crippen LogP contribution in [0.15, 0.2) is 6.33 Å². The number of fused-ring (bicyclic) bond motifs is 1. The van der Waals surface area contributed by atoms with E-state index in [1.54, 1.807) is 6.33 Å². The van der Waals surface area contributed by atoms with Gasteiger partial charge in [0.1, 0.15) is 11.6 Å². The Hall–Kier alpha value is -1.69. The lowest BCUT2D eigenvalue weighted by atomic mass is 10.2. The van der Waals surface area contributed by atoms with Crippen molar-refractivity contribution in [2.45, 2.75) is 26.4 Å². The number of anilines is 1. The average molecular weight is 221 g/mol. The van der Waals surface area contributed by atoms with Gasteiger partial charge in [-0.25, -0.2) is 15.0 Å². The molecule has 0 saturated heterocycles. The van der Waals surface area contributed by atoms with Crippen LogP contribution in [0.1, 0.15) is 32.2 Å². The summed E-state index contributed by atoms with van der Waals surface area (Å²) >= 11 is 0. The fraction of sp³-hybridized carbons (Fsp3) is 0.500. The molecule has 6 nitrogen and oxygen atoms in total. The fourth-order valence-corrected chi connectivity index (χ4v) is 1.59. The predicted octanol–water partition coefficient (Wildman–Crippen LogP) is 1.42. The number of nitrogens with zero attached hydrogens (tertiary/aromatic N) is 3. The van der Waals surface area contributed by atoms with E-state index in [9.17, 15) is 0 Å². The molecule has 0 saturated carbocycles. The van der Waals surface area contributed by atoms with Crippen LogP contribution in [0.5, 0.6) is 0 Å². The second kappa shape index (κ2) is 4.44.